The number of carbonyl (C=O) groups excluding carboxylic acids is 2. The molecule has 24 heavy (non-hydrogen) atoms. The number of benzene rings is 1. The molecule has 1 amide bonds. The number of methoxy groups -OCH3 is 1. The molecule has 0 unspecified atom stereocenters. The molecule has 0 aliphatic rings. The van der Waals surface area contributed by atoms with Gasteiger partial charge >= 0.3 is 22.3 Å². The summed E-state index contributed by atoms with van der Waals surface area (Å²) in [5.74, 6) is -0.785. The van der Waals surface area contributed by atoms with E-state index in [2.05, 4.69) is 20.7 Å². The van der Waals surface area contributed by atoms with Crippen molar-refractivity contribution < 1.29 is 27.5 Å². The van der Waals surface area contributed by atoms with Crippen molar-refractivity contribution in [3.05, 3.63) is 28.7 Å². The van der Waals surface area contributed by atoms with Gasteiger partial charge in [-0.05, 0) is 45.0 Å². The molecule has 0 radical (unpaired) electrons. The number of carbonyl (C=O) groups is 2. The summed E-state index contributed by atoms with van der Waals surface area (Å²) in [5, 5.41) is 0. The Kier molecular flexibility index (Phi) is 6.61. The zero-order chi connectivity index (χ0) is 18.5. The zero-order valence-corrected chi connectivity index (χ0v) is 16.1. The van der Waals surface area contributed by atoms with Gasteiger partial charge in [0.25, 0.3) is 0 Å². The number of ether oxygens (including phenoxy) is 2. The van der Waals surface area contributed by atoms with Gasteiger partial charge < -0.3 is 9.47 Å². The molecule has 1 aromatic rings. The van der Waals surface area contributed by atoms with Gasteiger partial charge in [-0.3, -0.25) is 4.79 Å². The lowest BCUT2D eigenvalue weighted by Crippen LogP contribution is -2.47. The average Bonchev–Trinajstić information content (AvgIpc) is 2.42. The summed E-state index contributed by atoms with van der Waals surface area (Å²) < 4.78 is 37.6. The predicted molar refractivity (Wildman–Crippen MR) is 91.8 cm³/mol. The molecule has 0 saturated carbocycles. The molecule has 134 valence electrons. The van der Waals surface area contributed by atoms with Crippen LogP contribution in [-0.4, -0.2) is 39.7 Å². The first-order valence-corrected chi connectivity index (χ1v) is 9.04. The molecule has 0 spiro atoms. The first kappa shape index (κ1) is 20.2. The first-order valence-electron chi connectivity index (χ1n) is 6.80. The maximum atomic E-state index is 12.5. The molecule has 1 aromatic carbocycles. The maximum Gasteiger partial charge on any atom is 0.422 e. The third-order valence-electron chi connectivity index (χ3n) is 2.52. The van der Waals surface area contributed by atoms with Gasteiger partial charge in [-0.25, -0.2) is 13.8 Å². The third kappa shape index (κ3) is 6.36. The fourth-order valence-corrected chi connectivity index (χ4v) is 2.86. The summed E-state index contributed by atoms with van der Waals surface area (Å²) >= 11 is 3.23. The fraction of sp³-hybridized carbons (Fsp3) is 0.429. The van der Waals surface area contributed by atoms with Crippen molar-refractivity contribution in [1.82, 2.24) is 4.72 Å². The average molecular weight is 423 g/mol. The van der Waals surface area contributed by atoms with Crippen molar-refractivity contribution in [2.45, 2.75) is 26.4 Å². The summed E-state index contributed by atoms with van der Waals surface area (Å²) in [6, 6.07) is 6.15. The lowest BCUT2D eigenvalue weighted by atomic mass is 10.2. The van der Waals surface area contributed by atoms with Crippen LogP contribution in [-0.2, 0) is 24.5 Å². The Morgan fingerprint density at radius 3 is 2.21 bits per heavy atom. The second-order valence-electron chi connectivity index (χ2n) is 5.67. The molecular formula is C14H19BrN2O6S. The van der Waals surface area contributed by atoms with Crippen molar-refractivity contribution in [2.24, 2.45) is 0 Å². The van der Waals surface area contributed by atoms with E-state index in [0.29, 0.717) is 0 Å². The summed E-state index contributed by atoms with van der Waals surface area (Å²) in [6.45, 7) is 4.19. The summed E-state index contributed by atoms with van der Waals surface area (Å²) in [4.78, 5) is 23.3. The molecule has 0 aromatic heterocycles. The van der Waals surface area contributed by atoms with Crippen LogP contribution in [0, 0.1) is 0 Å². The van der Waals surface area contributed by atoms with Gasteiger partial charge in [-0.2, -0.15) is 8.42 Å². The molecule has 0 heterocycles. The summed E-state index contributed by atoms with van der Waals surface area (Å²) in [7, 11) is -3.24. The Morgan fingerprint density at radius 2 is 1.75 bits per heavy atom. The normalized spacial score (nSPS) is 11.5. The van der Waals surface area contributed by atoms with Gasteiger partial charge in [-0.15, -0.1) is 0 Å². The Bertz CT molecular complexity index is 697. The van der Waals surface area contributed by atoms with E-state index in [9.17, 15) is 18.0 Å². The molecule has 1 rings (SSSR count). The minimum Gasteiger partial charge on any atom is -0.468 e. The molecule has 10 heteroatoms. The van der Waals surface area contributed by atoms with Gasteiger partial charge in [0, 0.05) is 4.47 Å². The van der Waals surface area contributed by atoms with Crippen LogP contribution in [0.15, 0.2) is 28.7 Å². The highest BCUT2D eigenvalue weighted by Crippen LogP contribution is 2.21. The van der Waals surface area contributed by atoms with E-state index in [0.717, 1.165) is 15.9 Å². The highest BCUT2D eigenvalue weighted by Gasteiger charge is 2.29. The van der Waals surface area contributed by atoms with Crippen LogP contribution in [0.25, 0.3) is 0 Å². The number of nitrogens with zero attached hydrogens (tertiary/aromatic N) is 1. The number of nitrogens with one attached hydrogen (secondary N) is 1. The van der Waals surface area contributed by atoms with Crippen LogP contribution in [0.3, 0.4) is 0 Å². The number of hydrogen-bond acceptors (Lipinski definition) is 6. The highest BCUT2D eigenvalue weighted by molar-refractivity contribution is 9.10. The quantitative estimate of drug-likeness (QED) is 0.729. The third-order valence-corrected chi connectivity index (χ3v) is 4.39. The number of halogens is 1. The molecular weight excluding hydrogens is 404 g/mol. The Morgan fingerprint density at radius 1 is 1.21 bits per heavy atom. The molecule has 8 nitrogen and oxygen atoms in total. The first-order chi connectivity index (χ1) is 10.9. The van der Waals surface area contributed by atoms with E-state index in [4.69, 9.17) is 4.74 Å². The largest absolute Gasteiger partial charge is 0.468 e. The number of amides is 1. The van der Waals surface area contributed by atoms with Crippen molar-refractivity contribution in [2.75, 3.05) is 18.0 Å². The van der Waals surface area contributed by atoms with E-state index in [-0.39, 0.29) is 5.69 Å². The van der Waals surface area contributed by atoms with Gasteiger partial charge in [0.2, 0.25) is 0 Å². The van der Waals surface area contributed by atoms with Crippen molar-refractivity contribution >= 4 is 43.9 Å². The topological polar surface area (TPSA) is 102 Å². The minimum absolute atomic E-state index is 0.180. The lowest BCUT2D eigenvalue weighted by Gasteiger charge is -2.25. The number of anilines is 1. The Balaban J connectivity index is 3.10. The van der Waals surface area contributed by atoms with E-state index < -0.39 is 34.4 Å². The summed E-state index contributed by atoms with van der Waals surface area (Å²) in [5.41, 5.74) is -0.690. The van der Waals surface area contributed by atoms with Gasteiger partial charge in [-0.1, -0.05) is 15.9 Å². The van der Waals surface area contributed by atoms with Crippen molar-refractivity contribution in [3.8, 4) is 0 Å². The van der Waals surface area contributed by atoms with Crippen LogP contribution in [0.1, 0.15) is 20.8 Å². The van der Waals surface area contributed by atoms with Gasteiger partial charge in [0.15, 0.2) is 0 Å². The van der Waals surface area contributed by atoms with Crippen LogP contribution in [0.4, 0.5) is 10.5 Å². The zero-order valence-electron chi connectivity index (χ0n) is 13.7. The standard InChI is InChI=1S/C14H19BrN2O6S/c1-14(2,3)23-13(19)16-24(20,21)17(9-12(18)22-4)11-7-5-10(15)6-8-11/h5-8H,9H2,1-4H3,(H,16,19). The molecule has 0 aliphatic carbocycles. The molecule has 1 N–H and O–H groups in total. The predicted octanol–water partition coefficient (Wildman–Crippen LogP) is 2.20. The lowest BCUT2D eigenvalue weighted by molar-refractivity contribution is -0.138. The minimum atomic E-state index is -4.37. The van der Waals surface area contributed by atoms with Crippen LogP contribution in [0.5, 0.6) is 0 Å². The maximum absolute atomic E-state index is 12.5. The van der Waals surface area contributed by atoms with Gasteiger partial charge in [0.1, 0.15) is 12.1 Å². The Hall–Kier alpha value is -1.81. The number of esters is 1. The van der Waals surface area contributed by atoms with Gasteiger partial charge in [0.05, 0.1) is 12.8 Å². The Labute approximate surface area is 149 Å². The fourth-order valence-electron chi connectivity index (χ4n) is 1.56. The van der Waals surface area contributed by atoms with Crippen molar-refractivity contribution in [1.29, 1.82) is 0 Å². The summed E-state index contributed by atoms with van der Waals surface area (Å²) in [6.07, 6.45) is -1.14. The van der Waals surface area contributed by atoms with E-state index in [1.807, 2.05) is 0 Å². The molecule has 0 saturated heterocycles. The molecule has 0 fully saturated rings. The van der Waals surface area contributed by atoms with Crippen molar-refractivity contribution in [3.63, 3.8) is 0 Å². The second-order valence-corrected chi connectivity index (χ2v) is 8.18. The number of rotatable bonds is 5. The number of hydrogen-bond donors (Lipinski definition) is 1. The van der Waals surface area contributed by atoms with E-state index in [1.165, 1.54) is 12.1 Å². The smallest absolute Gasteiger partial charge is 0.422 e. The van der Waals surface area contributed by atoms with Crippen LogP contribution < -0.4 is 9.03 Å². The molecule has 0 atom stereocenters. The van der Waals surface area contributed by atoms with E-state index >= 15 is 0 Å². The highest BCUT2D eigenvalue weighted by atomic mass is 79.9. The van der Waals surface area contributed by atoms with Crippen LogP contribution >= 0.6 is 15.9 Å². The molecule has 0 bridgehead atoms. The van der Waals surface area contributed by atoms with E-state index in [1.54, 1.807) is 37.6 Å². The molecule has 0 aliphatic heterocycles. The second kappa shape index (κ2) is 7.84. The van der Waals surface area contributed by atoms with Crippen LogP contribution in [0.2, 0.25) is 0 Å². The monoisotopic (exact) mass is 422 g/mol. The SMILES string of the molecule is COC(=O)CN(c1ccc(Br)cc1)S(=O)(=O)NC(=O)OC(C)(C)C.